The van der Waals surface area contributed by atoms with Gasteiger partial charge in [-0.05, 0) is 5.41 Å². The SMILES string of the molecule is C=CS(=O)CC. The van der Waals surface area contributed by atoms with E-state index in [0.717, 1.165) is 0 Å². The summed E-state index contributed by atoms with van der Waals surface area (Å²) in [5.74, 6) is 0.684. The maximum absolute atomic E-state index is 10.2. The molecular weight excluding hydrogens is 96.1 g/mol. The van der Waals surface area contributed by atoms with Crippen LogP contribution in [0.15, 0.2) is 12.0 Å². The molecule has 0 saturated heterocycles. The van der Waals surface area contributed by atoms with Crippen LogP contribution in [0.2, 0.25) is 0 Å². The number of hydrogen-bond donors (Lipinski definition) is 0. The molecule has 0 aromatic carbocycles. The molecule has 6 heavy (non-hydrogen) atoms. The van der Waals surface area contributed by atoms with Crippen LogP contribution < -0.4 is 0 Å². The Balaban J connectivity index is 3.23. The molecule has 0 spiro atoms. The third kappa shape index (κ3) is 2.15. The van der Waals surface area contributed by atoms with Crippen LogP contribution in [0, 0.1) is 0 Å². The van der Waals surface area contributed by atoms with Crippen LogP contribution in [0.4, 0.5) is 0 Å². The van der Waals surface area contributed by atoms with Gasteiger partial charge in [0.05, 0.1) is 0 Å². The second-order valence-electron chi connectivity index (χ2n) is 0.836. The summed E-state index contributed by atoms with van der Waals surface area (Å²) in [6.07, 6.45) is 0. The molecule has 0 aromatic heterocycles. The Bertz CT molecular complexity index is 67.9. The minimum absolute atomic E-state index is 0.684. The molecule has 0 fully saturated rings. The molecular formula is C4H8OS. The molecule has 0 heterocycles. The van der Waals surface area contributed by atoms with Crippen molar-refractivity contribution in [1.82, 2.24) is 0 Å². The lowest BCUT2D eigenvalue weighted by Gasteiger charge is -1.78. The van der Waals surface area contributed by atoms with E-state index in [1.807, 2.05) is 6.92 Å². The quantitative estimate of drug-likeness (QED) is 0.508. The van der Waals surface area contributed by atoms with Crippen molar-refractivity contribution >= 4 is 10.8 Å². The average Bonchev–Trinajstić information content (AvgIpc) is 1.65. The summed E-state index contributed by atoms with van der Waals surface area (Å²) in [5, 5.41) is 1.44. The van der Waals surface area contributed by atoms with Crippen molar-refractivity contribution in [3.63, 3.8) is 0 Å². The molecule has 1 unspecified atom stereocenters. The van der Waals surface area contributed by atoms with E-state index in [1.54, 1.807) is 0 Å². The predicted molar refractivity (Wildman–Crippen MR) is 28.9 cm³/mol. The molecule has 0 radical (unpaired) electrons. The van der Waals surface area contributed by atoms with Gasteiger partial charge in [-0.1, -0.05) is 13.5 Å². The topological polar surface area (TPSA) is 17.1 Å². The Morgan fingerprint density at radius 2 is 2.50 bits per heavy atom. The molecule has 0 aliphatic rings. The summed E-state index contributed by atoms with van der Waals surface area (Å²) in [4.78, 5) is 0. The zero-order valence-corrected chi connectivity index (χ0v) is 4.62. The Morgan fingerprint density at radius 1 is 2.00 bits per heavy atom. The zero-order valence-electron chi connectivity index (χ0n) is 3.81. The summed E-state index contributed by atoms with van der Waals surface area (Å²) in [5.41, 5.74) is 0. The Hall–Kier alpha value is -0.110. The van der Waals surface area contributed by atoms with Crippen molar-refractivity contribution in [2.75, 3.05) is 5.75 Å². The van der Waals surface area contributed by atoms with Crippen molar-refractivity contribution in [2.45, 2.75) is 6.92 Å². The summed E-state index contributed by atoms with van der Waals surface area (Å²) in [7, 11) is -0.770. The van der Waals surface area contributed by atoms with Gasteiger partial charge in [0.1, 0.15) is 0 Å². The molecule has 1 atom stereocenters. The van der Waals surface area contributed by atoms with Gasteiger partial charge in [0.15, 0.2) is 0 Å². The molecule has 0 N–H and O–H groups in total. The first kappa shape index (κ1) is 5.89. The van der Waals surface area contributed by atoms with Gasteiger partial charge in [0.2, 0.25) is 0 Å². The highest BCUT2D eigenvalue weighted by molar-refractivity contribution is 7.87. The molecule has 0 saturated carbocycles. The van der Waals surface area contributed by atoms with Gasteiger partial charge in [0, 0.05) is 16.6 Å². The Labute approximate surface area is 40.5 Å². The van der Waals surface area contributed by atoms with E-state index in [0.29, 0.717) is 5.75 Å². The second-order valence-corrected chi connectivity index (χ2v) is 2.51. The molecule has 0 aliphatic heterocycles. The number of rotatable bonds is 2. The molecule has 1 nitrogen and oxygen atoms in total. The van der Waals surface area contributed by atoms with Crippen molar-refractivity contribution in [2.24, 2.45) is 0 Å². The van der Waals surface area contributed by atoms with Crippen molar-refractivity contribution in [3.8, 4) is 0 Å². The fourth-order valence-corrected chi connectivity index (χ4v) is 0.354. The lowest BCUT2D eigenvalue weighted by Crippen LogP contribution is -1.82. The highest BCUT2D eigenvalue weighted by atomic mass is 32.2. The van der Waals surface area contributed by atoms with E-state index in [9.17, 15) is 4.21 Å². The van der Waals surface area contributed by atoms with Crippen LogP contribution >= 0.6 is 0 Å². The Kier molecular flexibility index (Phi) is 3.04. The molecule has 36 valence electrons. The van der Waals surface area contributed by atoms with E-state index in [4.69, 9.17) is 0 Å². The highest BCUT2D eigenvalue weighted by Crippen LogP contribution is 1.76. The normalized spacial score (nSPS) is 13.5. The van der Waals surface area contributed by atoms with E-state index in [2.05, 4.69) is 6.58 Å². The van der Waals surface area contributed by atoms with Gasteiger partial charge in [-0.2, -0.15) is 0 Å². The first-order chi connectivity index (χ1) is 2.81. The standard InChI is InChI=1S/C4H8OS/c1-3-6(5)4-2/h3H,1,4H2,2H3. The molecule has 2 heteroatoms. The van der Waals surface area contributed by atoms with E-state index in [-0.39, 0.29) is 0 Å². The predicted octanol–water partition coefficient (Wildman–Crippen LogP) is 0.898. The first-order valence-electron chi connectivity index (χ1n) is 1.81. The van der Waals surface area contributed by atoms with Crippen molar-refractivity contribution in [3.05, 3.63) is 12.0 Å². The first-order valence-corrected chi connectivity index (χ1v) is 3.19. The fourth-order valence-electron chi connectivity index (χ4n) is 0.118. The monoisotopic (exact) mass is 104 g/mol. The highest BCUT2D eigenvalue weighted by Gasteiger charge is 1.78. The van der Waals surface area contributed by atoms with Crippen LogP contribution in [-0.4, -0.2) is 9.96 Å². The zero-order chi connectivity index (χ0) is 4.99. The lowest BCUT2D eigenvalue weighted by molar-refractivity contribution is 0.689. The Morgan fingerprint density at radius 3 is 2.50 bits per heavy atom. The van der Waals surface area contributed by atoms with Gasteiger partial charge >= 0.3 is 0 Å². The number of hydrogen-bond acceptors (Lipinski definition) is 1. The molecule has 0 rings (SSSR count). The third-order valence-corrected chi connectivity index (χ3v) is 1.41. The van der Waals surface area contributed by atoms with Crippen molar-refractivity contribution < 1.29 is 4.21 Å². The molecule has 0 amide bonds. The summed E-state index contributed by atoms with van der Waals surface area (Å²) in [6.45, 7) is 5.19. The second kappa shape index (κ2) is 3.09. The third-order valence-electron chi connectivity index (χ3n) is 0.470. The molecule has 0 aliphatic carbocycles. The van der Waals surface area contributed by atoms with E-state index in [1.165, 1.54) is 5.41 Å². The fraction of sp³-hybridized carbons (Fsp3) is 0.500. The van der Waals surface area contributed by atoms with E-state index < -0.39 is 10.8 Å². The summed E-state index contributed by atoms with van der Waals surface area (Å²) in [6, 6.07) is 0. The summed E-state index contributed by atoms with van der Waals surface area (Å²) < 4.78 is 10.2. The van der Waals surface area contributed by atoms with Gasteiger partial charge in [-0.15, -0.1) is 0 Å². The molecule has 0 bridgehead atoms. The van der Waals surface area contributed by atoms with Crippen LogP contribution in [0.3, 0.4) is 0 Å². The van der Waals surface area contributed by atoms with Gasteiger partial charge in [-0.25, -0.2) is 0 Å². The van der Waals surface area contributed by atoms with E-state index >= 15 is 0 Å². The van der Waals surface area contributed by atoms with Crippen LogP contribution in [0.25, 0.3) is 0 Å². The average molecular weight is 104 g/mol. The maximum atomic E-state index is 10.2. The molecule has 0 aromatic rings. The lowest BCUT2D eigenvalue weighted by atomic mass is 11.0. The van der Waals surface area contributed by atoms with Crippen LogP contribution in [-0.2, 0) is 10.8 Å². The smallest absolute Gasteiger partial charge is 0.0447 e. The van der Waals surface area contributed by atoms with Gasteiger partial charge in [-0.3, -0.25) is 4.21 Å². The largest absolute Gasteiger partial charge is 0.255 e. The van der Waals surface area contributed by atoms with Gasteiger partial charge < -0.3 is 0 Å². The van der Waals surface area contributed by atoms with Crippen LogP contribution in [0.5, 0.6) is 0 Å². The van der Waals surface area contributed by atoms with Crippen molar-refractivity contribution in [1.29, 1.82) is 0 Å². The van der Waals surface area contributed by atoms with Gasteiger partial charge in [0.25, 0.3) is 0 Å². The maximum Gasteiger partial charge on any atom is 0.0447 e. The summed E-state index contributed by atoms with van der Waals surface area (Å²) >= 11 is 0. The minimum Gasteiger partial charge on any atom is -0.255 e. The minimum atomic E-state index is -0.770. The van der Waals surface area contributed by atoms with Crippen LogP contribution in [0.1, 0.15) is 6.92 Å².